The zero-order valence-electron chi connectivity index (χ0n) is 29.5. The molecule has 0 radical (unpaired) electrons. The van der Waals surface area contributed by atoms with Crippen molar-refractivity contribution in [3.05, 3.63) is 113 Å². The molecule has 54 heavy (non-hydrogen) atoms. The Morgan fingerprint density at radius 1 is 0.926 bits per heavy atom. The molecule has 2 aliphatic rings. The third-order valence-corrected chi connectivity index (χ3v) is 9.15. The number of aromatic nitrogens is 6. The number of ether oxygens (including phenoxy) is 3. The van der Waals surface area contributed by atoms with Crippen molar-refractivity contribution in [1.82, 2.24) is 29.1 Å². The normalized spacial score (nSPS) is 19.3. The molecule has 2 aliphatic heterocycles. The number of benzene rings is 3. The first-order chi connectivity index (χ1) is 25.8. The summed E-state index contributed by atoms with van der Waals surface area (Å²) in [7, 11) is -4.67. The molecule has 2 aromatic heterocycles. The number of nitrogens with zero attached hydrogens (tertiary/aromatic N) is 8. The van der Waals surface area contributed by atoms with E-state index in [9.17, 15) is 13.6 Å². The van der Waals surface area contributed by atoms with Crippen LogP contribution in [0, 0.1) is 11.6 Å². The molecule has 2 N–H and O–H groups in total. The molecule has 3 atom stereocenters. The van der Waals surface area contributed by atoms with E-state index in [1.54, 1.807) is 10.9 Å². The van der Waals surface area contributed by atoms with Gasteiger partial charge in [-0.2, -0.15) is 18.6 Å². The van der Waals surface area contributed by atoms with Crippen LogP contribution in [0.3, 0.4) is 0 Å². The van der Waals surface area contributed by atoms with E-state index in [1.807, 2.05) is 50.2 Å². The van der Waals surface area contributed by atoms with Gasteiger partial charge in [0.25, 0.3) is 0 Å². The lowest BCUT2D eigenvalue weighted by Gasteiger charge is -2.37. The van der Waals surface area contributed by atoms with Crippen LogP contribution >= 0.6 is 0 Å². The van der Waals surface area contributed by atoms with Gasteiger partial charge in [0, 0.05) is 49.2 Å². The molecule has 2 fully saturated rings. The Hall–Kier alpha value is -5.21. The summed E-state index contributed by atoms with van der Waals surface area (Å²) in [5, 5.41) is 8.39. The van der Waals surface area contributed by atoms with Crippen molar-refractivity contribution >= 4 is 21.8 Å². The molecular weight excluding hydrogens is 730 g/mol. The van der Waals surface area contributed by atoms with Gasteiger partial charge in [-0.3, -0.25) is 9.11 Å². The summed E-state index contributed by atoms with van der Waals surface area (Å²) in [5.74, 6) is -2.30. The van der Waals surface area contributed by atoms with Crippen molar-refractivity contribution in [2.24, 2.45) is 0 Å². The van der Waals surface area contributed by atoms with Crippen LogP contribution in [0.5, 0.6) is 5.75 Å². The van der Waals surface area contributed by atoms with Gasteiger partial charge in [-0.1, -0.05) is 6.92 Å². The third-order valence-electron chi connectivity index (χ3n) is 9.15. The van der Waals surface area contributed by atoms with Gasteiger partial charge in [0.2, 0.25) is 5.79 Å². The van der Waals surface area contributed by atoms with Crippen LogP contribution in [-0.4, -0.2) is 92.1 Å². The van der Waals surface area contributed by atoms with Crippen LogP contribution in [0.15, 0.2) is 90.5 Å². The maximum Gasteiger partial charge on any atom is 0.394 e. The summed E-state index contributed by atoms with van der Waals surface area (Å²) in [5.41, 5.74) is 2.95. The lowest BCUT2D eigenvalue weighted by Crippen LogP contribution is -2.46. The molecule has 4 heterocycles. The van der Waals surface area contributed by atoms with Gasteiger partial charge in [0.1, 0.15) is 55.6 Å². The summed E-state index contributed by atoms with van der Waals surface area (Å²) in [6.07, 6.45) is 4.77. The van der Waals surface area contributed by atoms with Crippen molar-refractivity contribution in [1.29, 1.82) is 0 Å². The van der Waals surface area contributed by atoms with E-state index >= 15 is 0 Å². The molecule has 7 rings (SSSR count). The van der Waals surface area contributed by atoms with Gasteiger partial charge in [-0.05, 0) is 74.0 Å². The highest BCUT2D eigenvalue weighted by atomic mass is 32.3. The van der Waals surface area contributed by atoms with E-state index in [-0.39, 0.29) is 37.1 Å². The van der Waals surface area contributed by atoms with E-state index in [4.69, 9.17) is 31.7 Å². The van der Waals surface area contributed by atoms with Crippen LogP contribution < -0.4 is 20.2 Å². The van der Waals surface area contributed by atoms with Crippen molar-refractivity contribution in [2.75, 3.05) is 49.2 Å². The fourth-order valence-electron chi connectivity index (χ4n) is 6.24. The average molecular weight is 771 g/mol. The summed E-state index contributed by atoms with van der Waals surface area (Å²) >= 11 is 0. The predicted molar refractivity (Wildman–Crippen MR) is 192 cm³/mol. The molecular formula is C35H40F2N8O8S. The first kappa shape index (κ1) is 38.5. The van der Waals surface area contributed by atoms with Gasteiger partial charge in [-0.15, -0.1) is 0 Å². The average Bonchev–Trinajstić information content (AvgIpc) is 3.91. The molecule has 0 spiro atoms. The van der Waals surface area contributed by atoms with Crippen molar-refractivity contribution in [3.63, 3.8) is 0 Å². The molecule has 0 amide bonds. The van der Waals surface area contributed by atoms with Crippen molar-refractivity contribution in [2.45, 2.75) is 44.7 Å². The summed E-state index contributed by atoms with van der Waals surface area (Å²) in [6, 6.07) is 19.3. The number of piperazine rings is 1. The molecule has 0 saturated carbocycles. The van der Waals surface area contributed by atoms with Crippen LogP contribution in [-0.2, 0) is 32.2 Å². The standard InChI is InChI=1S/C35H38F2N8O4.H2O4S/c1-3-25(2)45-34(46)44(24-40-45)29-7-5-27(6-8-29)41-14-16-42(17-15-41)28-9-11-30(12-10-28)47-19-31-20-48-35(49-31,21-43-23-38-22-39-43)32-13-4-26(36)18-33(32)37;1-5(2,3)4/h4-13,18,22-25,31H,3,14-17,19-21H2,1-2H3;(H2,1,2,3,4)/t25-,31-,35-;/m0./s1. The summed E-state index contributed by atoms with van der Waals surface area (Å²) < 4.78 is 83.0. The second-order valence-corrected chi connectivity index (χ2v) is 13.6. The van der Waals surface area contributed by atoms with E-state index in [1.165, 1.54) is 34.2 Å². The number of rotatable bonds is 11. The van der Waals surface area contributed by atoms with Gasteiger partial charge in [0.15, 0.2) is 0 Å². The summed E-state index contributed by atoms with van der Waals surface area (Å²) in [6.45, 7) is 7.80. The Kier molecular flexibility index (Phi) is 11.7. The molecule has 5 aromatic rings. The minimum absolute atomic E-state index is 0.0334. The monoisotopic (exact) mass is 770 g/mol. The largest absolute Gasteiger partial charge is 0.491 e. The molecule has 2 saturated heterocycles. The Bertz CT molecular complexity index is 2150. The highest BCUT2D eigenvalue weighted by molar-refractivity contribution is 7.79. The Balaban J connectivity index is 0.000000934. The quantitative estimate of drug-likeness (QED) is 0.185. The lowest BCUT2D eigenvalue weighted by atomic mass is 10.0. The number of hydrogen-bond donors (Lipinski definition) is 2. The maximum atomic E-state index is 14.9. The Labute approximate surface area is 309 Å². The molecule has 3 aromatic carbocycles. The van der Waals surface area contributed by atoms with E-state index in [0.29, 0.717) is 5.75 Å². The van der Waals surface area contributed by atoms with Gasteiger partial charge >= 0.3 is 16.1 Å². The van der Waals surface area contributed by atoms with Crippen LogP contribution in [0.1, 0.15) is 31.9 Å². The minimum atomic E-state index is -4.67. The second-order valence-electron chi connectivity index (χ2n) is 12.7. The Morgan fingerprint density at radius 2 is 1.54 bits per heavy atom. The van der Waals surface area contributed by atoms with Crippen molar-refractivity contribution < 1.29 is 40.5 Å². The smallest absolute Gasteiger partial charge is 0.394 e. The molecule has 16 nitrogen and oxygen atoms in total. The molecule has 0 bridgehead atoms. The SMILES string of the molecule is CC[C@H](C)n1ncn(-c2ccc(N3CCN(c4ccc(OC[C@H]5CO[C@](Cn6cncn6)(c6ccc(F)cc6F)O5)cc4)CC3)cc2)c1=O.O=S(=O)(O)O. The minimum Gasteiger partial charge on any atom is -0.491 e. The van der Waals surface area contributed by atoms with Crippen LogP contribution in [0.25, 0.3) is 5.69 Å². The third kappa shape index (κ3) is 9.29. The van der Waals surface area contributed by atoms with E-state index in [2.05, 4.69) is 37.1 Å². The molecule has 19 heteroatoms. The molecule has 0 aliphatic carbocycles. The van der Waals surface area contributed by atoms with Crippen molar-refractivity contribution in [3.8, 4) is 11.4 Å². The molecule has 288 valence electrons. The highest BCUT2D eigenvalue weighted by Gasteiger charge is 2.46. The zero-order valence-corrected chi connectivity index (χ0v) is 30.3. The zero-order chi connectivity index (χ0) is 38.5. The predicted octanol–water partition coefficient (Wildman–Crippen LogP) is 3.90. The summed E-state index contributed by atoms with van der Waals surface area (Å²) in [4.78, 5) is 21.4. The number of hydrogen-bond acceptors (Lipinski definition) is 11. The van der Waals surface area contributed by atoms with E-state index in [0.717, 1.165) is 55.7 Å². The number of anilines is 2. The van der Waals surface area contributed by atoms with Gasteiger partial charge < -0.3 is 24.0 Å². The van der Waals surface area contributed by atoms with Crippen LogP contribution in [0.2, 0.25) is 0 Å². The topological polar surface area (TPSA) is 179 Å². The lowest BCUT2D eigenvalue weighted by molar-refractivity contribution is -0.192. The fourth-order valence-corrected chi connectivity index (χ4v) is 6.24. The fraction of sp³-hybridized carbons (Fsp3) is 0.371. The van der Waals surface area contributed by atoms with Gasteiger partial charge in [-0.25, -0.2) is 32.5 Å². The van der Waals surface area contributed by atoms with Crippen LogP contribution in [0.4, 0.5) is 20.2 Å². The second kappa shape index (κ2) is 16.4. The first-order valence-corrected chi connectivity index (χ1v) is 18.5. The van der Waals surface area contributed by atoms with E-state index < -0.39 is 33.9 Å². The maximum absolute atomic E-state index is 14.9. The first-order valence-electron chi connectivity index (χ1n) is 17.1. The number of halogens is 2. The Morgan fingerprint density at radius 3 is 2.11 bits per heavy atom. The van der Waals surface area contributed by atoms with Gasteiger partial charge in [0.05, 0.1) is 18.3 Å². The molecule has 0 unspecified atom stereocenters. The highest BCUT2D eigenvalue weighted by Crippen LogP contribution is 2.38.